The quantitative estimate of drug-likeness (QED) is 0.653. The minimum atomic E-state index is -0.982. The summed E-state index contributed by atoms with van der Waals surface area (Å²) in [6.45, 7) is 1.62. The highest BCUT2D eigenvalue weighted by molar-refractivity contribution is 7.98. The molecule has 0 aromatic heterocycles. The molecule has 0 saturated carbocycles. The molecule has 0 spiro atoms. The highest BCUT2D eigenvalue weighted by atomic mass is 32.2. The minimum absolute atomic E-state index is 0.351. The fourth-order valence-corrected chi connectivity index (χ4v) is 2.79. The number of carbonyl (C=O) groups is 2. The van der Waals surface area contributed by atoms with E-state index >= 15 is 0 Å². The molecule has 0 aliphatic carbocycles. The topological polar surface area (TPSA) is 81.7 Å². The van der Waals surface area contributed by atoms with Crippen LogP contribution in [0, 0.1) is 0 Å². The van der Waals surface area contributed by atoms with Crippen molar-refractivity contribution in [2.24, 2.45) is 0 Å². The highest BCUT2D eigenvalue weighted by Crippen LogP contribution is 2.13. The molecule has 1 fully saturated rings. The first-order valence-corrected chi connectivity index (χ1v) is 8.40. The van der Waals surface area contributed by atoms with Gasteiger partial charge in [-0.3, -0.25) is 0 Å². The van der Waals surface area contributed by atoms with Crippen LogP contribution < -0.4 is 10.6 Å². The van der Waals surface area contributed by atoms with Crippen LogP contribution >= 0.6 is 11.8 Å². The van der Waals surface area contributed by atoms with Gasteiger partial charge in [0.15, 0.2) is 0 Å². The molecule has 1 heterocycles. The van der Waals surface area contributed by atoms with E-state index in [2.05, 4.69) is 22.6 Å². The van der Waals surface area contributed by atoms with Crippen molar-refractivity contribution in [2.75, 3.05) is 32.1 Å². The Morgan fingerprint density at radius 2 is 2.20 bits per heavy atom. The Morgan fingerprint density at radius 3 is 2.80 bits per heavy atom. The first-order chi connectivity index (χ1) is 9.54. The van der Waals surface area contributed by atoms with E-state index < -0.39 is 18.0 Å². The molecule has 2 atom stereocenters. The number of urea groups is 1. The normalized spacial score (nSPS) is 21.2. The fraction of sp³-hybridized carbons (Fsp3) is 0.846. The van der Waals surface area contributed by atoms with Crippen LogP contribution in [0.4, 0.5) is 4.79 Å². The molecule has 2 amide bonds. The lowest BCUT2D eigenvalue weighted by molar-refractivity contribution is -0.139. The number of aliphatic carboxylic acids is 1. The Morgan fingerprint density at radius 1 is 1.45 bits per heavy atom. The Labute approximate surface area is 124 Å². The van der Waals surface area contributed by atoms with Crippen LogP contribution in [0.2, 0.25) is 0 Å². The average Bonchev–Trinajstić information content (AvgIpc) is 2.42. The van der Waals surface area contributed by atoms with Crippen molar-refractivity contribution >= 4 is 23.8 Å². The molecule has 6 nitrogen and oxygen atoms in total. The summed E-state index contributed by atoms with van der Waals surface area (Å²) in [5.41, 5.74) is 0. The van der Waals surface area contributed by atoms with Crippen LogP contribution in [-0.2, 0) is 4.79 Å². The predicted molar refractivity (Wildman–Crippen MR) is 81.2 cm³/mol. The first-order valence-electron chi connectivity index (χ1n) is 7.01. The van der Waals surface area contributed by atoms with Gasteiger partial charge in [0, 0.05) is 12.6 Å². The third-order valence-electron chi connectivity index (χ3n) is 3.63. The number of piperidine rings is 1. The van der Waals surface area contributed by atoms with Gasteiger partial charge in [0.2, 0.25) is 0 Å². The maximum atomic E-state index is 11.8. The largest absolute Gasteiger partial charge is 0.480 e. The van der Waals surface area contributed by atoms with Gasteiger partial charge in [-0.05, 0) is 44.9 Å². The molecule has 0 aromatic carbocycles. The van der Waals surface area contributed by atoms with Crippen LogP contribution in [-0.4, -0.2) is 66.2 Å². The summed E-state index contributed by atoms with van der Waals surface area (Å²) >= 11 is 1.57. The van der Waals surface area contributed by atoms with E-state index in [1.165, 1.54) is 12.8 Å². The van der Waals surface area contributed by atoms with Crippen LogP contribution in [0.1, 0.15) is 25.7 Å². The second kappa shape index (κ2) is 9.07. The lowest BCUT2D eigenvalue weighted by atomic mass is 10.0. The van der Waals surface area contributed by atoms with Crippen molar-refractivity contribution in [3.63, 3.8) is 0 Å². The Hall–Kier alpha value is -0.950. The van der Waals surface area contributed by atoms with E-state index in [0.717, 1.165) is 13.0 Å². The van der Waals surface area contributed by atoms with Gasteiger partial charge < -0.3 is 20.6 Å². The van der Waals surface area contributed by atoms with Crippen LogP contribution in [0.5, 0.6) is 0 Å². The Kier molecular flexibility index (Phi) is 7.76. The molecule has 7 heteroatoms. The third-order valence-corrected chi connectivity index (χ3v) is 4.28. The van der Waals surface area contributed by atoms with E-state index in [9.17, 15) is 9.59 Å². The number of carboxylic acids is 1. The Bertz CT molecular complexity index is 328. The molecular formula is C13H25N3O3S. The predicted octanol–water partition coefficient (Wildman–Crippen LogP) is 0.976. The summed E-state index contributed by atoms with van der Waals surface area (Å²) in [6.07, 6.45) is 5.81. The molecule has 116 valence electrons. The van der Waals surface area contributed by atoms with Crippen molar-refractivity contribution in [1.29, 1.82) is 0 Å². The number of carbonyl (C=O) groups excluding carboxylic acids is 1. The molecule has 3 N–H and O–H groups in total. The number of hydrogen-bond acceptors (Lipinski definition) is 4. The number of nitrogens with zero attached hydrogens (tertiary/aromatic N) is 1. The molecule has 1 saturated heterocycles. The highest BCUT2D eigenvalue weighted by Gasteiger charge is 2.22. The van der Waals surface area contributed by atoms with Crippen LogP contribution in [0.15, 0.2) is 0 Å². The second-order valence-corrected chi connectivity index (χ2v) is 6.14. The van der Waals surface area contributed by atoms with E-state index in [-0.39, 0.29) is 0 Å². The third kappa shape index (κ3) is 6.00. The van der Waals surface area contributed by atoms with Crippen molar-refractivity contribution in [1.82, 2.24) is 15.5 Å². The maximum Gasteiger partial charge on any atom is 0.326 e. The molecule has 20 heavy (non-hydrogen) atoms. The van der Waals surface area contributed by atoms with Gasteiger partial charge in [-0.15, -0.1) is 0 Å². The first kappa shape index (κ1) is 17.1. The molecule has 0 radical (unpaired) electrons. The van der Waals surface area contributed by atoms with Gasteiger partial charge >= 0.3 is 12.0 Å². The van der Waals surface area contributed by atoms with Crippen LogP contribution in [0.3, 0.4) is 0 Å². The smallest absolute Gasteiger partial charge is 0.326 e. The summed E-state index contributed by atoms with van der Waals surface area (Å²) in [5.74, 6) is -0.271. The lowest BCUT2D eigenvalue weighted by Gasteiger charge is -2.32. The number of rotatable bonds is 7. The van der Waals surface area contributed by atoms with E-state index in [0.29, 0.717) is 24.8 Å². The summed E-state index contributed by atoms with van der Waals surface area (Å²) < 4.78 is 0. The van der Waals surface area contributed by atoms with E-state index in [4.69, 9.17) is 5.11 Å². The summed E-state index contributed by atoms with van der Waals surface area (Å²) in [4.78, 5) is 25.0. The summed E-state index contributed by atoms with van der Waals surface area (Å²) in [5, 5.41) is 14.4. The van der Waals surface area contributed by atoms with Crippen LogP contribution in [0.25, 0.3) is 0 Å². The van der Waals surface area contributed by atoms with Gasteiger partial charge in [-0.2, -0.15) is 11.8 Å². The molecule has 1 unspecified atom stereocenters. The number of thioether (sulfide) groups is 1. The number of nitrogens with one attached hydrogen (secondary N) is 2. The van der Waals surface area contributed by atoms with Crippen molar-refractivity contribution in [3.8, 4) is 0 Å². The summed E-state index contributed by atoms with van der Waals surface area (Å²) in [7, 11) is 2.06. The van der Waals surface area contributed by atoms with Gasteiger partial charge in [-0.25, -0.2) is 9.59 Å². The van der Waals surface area contributed by atoms with E-state index in [1.54, 1.807) is 11.8 Å². The Balaban J connectivity index is 2.31. The zero-order valence-electron chi connectivity index (χ0n) is 12.2. The summed E-state index contributed by atoms with van der Waals surface area (Å²) in [6, 6.07) is -0.854. The number of carboxylic acid groups (broad SMARTS) is 1. The molecule has 1 rings (SSSR count). The van der Waals surface area contributed by atoms with Gasteiger partial charge in [0.25, 0.3) is 0 Å². The molecular weight excluding hydrogens is 278 g/mol. The van der Waals surface area contributed by atoms with Crippen molar-refractivity contribution < 1.29 is 14.7 Å². The second-order valence-electron chi connectivity index (χ2n) is 5.16. The molecule has 0 bridgehead atoms. The average molecular weight is 303 g/mol. The lowest BCUT2D eigenvalue weighted by Crippen LogP contribution is -2.50. The van der Waals surface area contributed by atoms with E-state index in [1.807, 2.05) is 6.26 Å². The zero-order chi connectivity index (χ0) is 15.0. The monoisotopic (exact) mass is 303 g/mol. The van der Waals surface area contributed by atoms with Crippen molar-refractivity contribution in [2.45, 2.75) is 37.8 Å². The standard InChI is InChI=1S/C13H25N3O3S/c1-16-7-4-3-5-10(16)9-14-13(19)15-11(12(17)18)6-8-20-2/h10-11H,3-9H2,1-2H3,(H,17,18)(H2,14,15,19)/t10?,11-/m1/s1. The van der Waals surface area contributed by atoms with Gasteiger partial charge in [0.1, 0.15) is 6.04 Å². The number of hydrogen-bond donors (Lipinski definition) is 3. The minimum Gasteiger partial charge on any atom is -0.480 e. The zero-order valence-corrected chi connectivity index (χ0v) is 13.0. The number of likely N-dealkylation sites (N-methyl/N-ethyl adjacent to an activating group) is 1. The maximum absolute atomic E-state index is 11.8. The number of likely N-dealkylation sites (tertiary alicyclic amines) is 1. The SMILES string of the molecule is CSCC[C@@H](NC(=O)NCC1CCCCN1C)C(=O)O. The molecule has 1 aliphatic heterocycles. The molecule has 1 aliphatic rings. The number of amides is 2. The van der Waals surface area contributed by atoms with Gasteiger partial charge in [0.05, 0.1) is 0 Å². The molecule has 0 aromatic rings. The van der Waals surface area contributed by atoms with Crippen molar-refractivity contribution in [3.05, 3.63) is 0 Å². The fourth-order valence-electron chi connectivity index (χ4n) is 2.31. The van der Waals surface area contributed by atoms with Gasteiger partial charge in [-0.1, -0.05) is 6.42 Å².